The Hall–Kier alpha value is -3.08. The Balaban J connectivity index is 1.99. The molecule has 2 aromatic rings. The Kier molecular flexibility index (Phi) is 5.04. The number of nitro groups is 2. The predicted molar refractivity (Wildman–Crippen MR) is 95.5 cm³/mol. The van der Waals surface area contributed by atoms with Crippen LogP contribution in [0.15, 0.2) is 6.07 Å². The first-order valence-electron chi connectivity index (χ1n) is 8.60. The van der Waals surface area contributed by atoms with Crippen LogP contribution in [0.25, 0.3) is 0 Å². The van der Waals surface area contributed by atoms with Crippen molar-refractivity contribution in [1.82, 2.24) is 14.8 Å². The Morgan fingerprint density at radius 2 is 2.11 bits per heavy atom. The topological polar surface area (TPSA) is 149 Å². The fraction of sp³-hybridized carbons (Fsp3) is 0.500. The lowest BCUT2D eigenvalue weighted by Gasteiger charge is -2.24. The van der Waals surface area contributed by atoms with Gasteiger partial charge in [0.2, 0.25) is 0 Å². The van der Waals surface area contributed by atoms with E-state index in [4.69, 9.17) is 0 Å². The fourth-order valence-electron chi connectivity index (χ4n) is 3.32. The number of fused-ring (bicyclic) bond motifs is 1. The van der Waals surface area contributed by atoms with Crippen LogP contribution in [0.2, 0.25) is 0 Å². The van der Waals surface area contributed by atoms with Gasteiger partial charge in [-0.25, -0.2) is 9.67 Å². The Bertz CT molecular complexity index is 909. The molecule has 1 unspecified atom stereocenters. The predicted octanol–water partition coefficient (Wildman–Crippen LogP) is 1.88. The van der Waals surface area contributed by atoms with Crippen molar-refractivity contribution < 1.29 is 15.0 Å². The average molecular weight is 376 g/mol. The number of nitro benzene ring substituents is 2. The number of nitrogens with one attached hydrogen (secondary N) is 1. The van der Waals surface area contributed by atoms with Crippen LogP contribution >= 0.6 is 0 Å². The number of anilines is 1. The summed E-state index contributed by atoms with van der Waals surface area (Å²) in [4.78, 5) is 26.2. The molecule has 1 aromatic heterocycles. The molecule has 0 saturated carbocycles. The molecule has 11 nitrogen and oxygen atoms in total. The molecule has 1 aromatic carbocycles. The second-order valence-corrected chi connectivity index (χ2v) is 6.44. The first-order valence-corrected chi connectivity index (χ1v) is 8.60. The first-order chi connectivity index (χ1) is 12.8. The molecule has 1 atom stereocenters. The van der Waals surface area contributed by atoms with E-state index in [2.05, 4.69) is 15.4 Å². The third-order valence-electron chi connectivity index (χ3n) is 4.76. The van der Waals surface area contributed by atoms with Crippen LogP contribution in [-0.4, -0.2) is 35.8 Å². The van der Waals surface area contributed by atoms with Gasteiger partial charge in [-0.3, -0.25) is 20.2 Å². The Labute approximate surface area is 154 Å². The van der Waals surface area contributed by atoms with E-state index in [0.29, 0.717) is 25.8 Å². The highest BCUT2D eigenvalue weighted by Crippen LogP contribution is 2.40. The quantitative estimate of drug-likeness (QED) is 0.573. The molecule has 2 N–H and O–H groups in total. The van der Waals surface area contributed by atoms with Crippen LogP contribution in [0.3, 0.4) is 0 Å². The molecule has 0 saturated heterocycles. The van der Waals surface area contributed by atoms with Gasteiger partial charge in [0.1, 0.15) is 5.82 Å². The van der Waals surface area contributed by atoms with Crippen LogP contribution in [0, 0.1) is 27.2 Å². The van der Waals surface area contributed by atoms with Crippen molar-refractivity contribution in [3.05, 3.63) is 49.1 Å². The summed E-state index contributed by atoms with van der Waals surface area (Å²) < 4.78 is 1.74. The van der Waals surface area contributed by atoms with Gasteiger partial charge in [-0.2, -0.15) is 5.10 Å². The maximum atomic E-state index is 11.6. The van der Waals surface area contributed by atoms with Crippen molar-refractivity contribution in [2.24, 2.45) is 0 Å². The van der Waals surface area contributed by atoms with Crippen LogP contribution in [0.1, 0.15) is 36.1 Å². The van der Waals surface area contributed by atoms with E-state index in [1.807, 2.05) is 6.92 Å². The molecule has 0 bridgehead atoms. The largest absolute Gasteiger partial charge is 0.392 e. The van der Waals surface area contributed by atoms with Gasteiger partial charge in [-0.1, -0.05) is 6.92 Å². The third-order valence-corrected chi connectivity index (χ3v) is 4.76. The first kappa shape index (κ1) is 18.7. The van der Waals surface area contributed by atoms with Gasteiger partial charge in [-0.05, 0) is 18.9 Å². The highest BCUT2D eigenvalue weighted by Gasteiger charge is 2.32. The third kappa shape index (κ3) is 3.45. The molecule has 27 heavy (non-hydrogen) atoms. The van der Waals surface area contributed by atoms with Crippen LogP contribution in [0.4, 0.5) is 17.1 Å². The summed E-state index contributed by atoms with van der Waals surface area (Å²) in [6, 6.07) is 0.921. The van der Waals surface area contributed by atoms with Gasteiger partial charge in [0.05, 0.1) is 23.0 Å². The Morgan fingerprint density at radius 3 is 2.70 bits per heavy atom. The molecular weight excluding hydrogens is 356 g/mol. The summed E-state index contributed by atoms with van der Waals surface area (Å²) in [7, 11) is 0. The van der Waals surface area contributed by atoms with Crippen molar-refractivity contribution in [2.45, 2.75) is 52.3 Å². The van der Waals surface area contributed by atoms with Crippen molar-refractivity contribution in [3.8, 4) is 0 Å². The lowest BCUT2D eigenvalue weighted by Crippen LogP contribution is -2.32. The maximum absolute atomic E-state index is 11.6. The molecule has 2 heterocycles. The van der Waals surface area contributed by atoms with Crippen molar-refractivity contribution in [1.29, 1.82) is 0 Å². The second kappa shape index (κ2) is 7.27. The minimum atomic E-state index is -0.674. The molecule has 0 spiro atoms. The van der Waals surface area contributed by atoms with E-state index in [1.165, 1.54) is 13.0 Å². The molecule has 0 amide bonds. The number of hydrogen-bond donors (Lipinski definition) is 2. The van der Waals surface area contributed by atoms with E-state index in [-0.39, 0.29) is 28.5 Å². The number of hydrogen-bond acceptors (Lipinski definition) is 8. The zero-order chi connectivity index (χ0) is 19.7. The van der Waals surface area contributed by atoms with Gasteiger partial charge in [0.25, 0.3) is 5.69 Å². The standard InChI is InChI=1S/C16H20N6O5/c1-3-13-18-14-5-4-11(7-20(14)19-13)17-15-12(21(24)25)6-10(8-23)9(2)16(15)22(26)27/h6,11,17,23H,3-5,7-8H2,1-2H3. The number of benzene rings is 1. The smallest absolute Gasteiger partial charge is 0.302 e. The van der Waals surface area contributed by atoms with Crippen LogP contribution < -0.4 is 5.32 Å². The summed E-state index contributed by atoms with van der Waals surface area (Å²) in [5.74, 6) is 1.58. The van der Waals surface area contributed by atoms with Gasteiger partial charge in [0, 0.05) is 30.5 Å². The van der Waals surface area contributed by atoms with Crippen LogP contribution in [0.5, 0.6) is 0 Å². The lowest BCUT2D eigenvalue weighted by atomic mass is 10.0. The molecule has 144 valence electrons. The Morgan fingerprint density at radius 1 is 1.37 bits per heavy atom. The SMILES string of the molecule is CCc1nc2n(n1)CC(Nc1c([N+](=O)[O-])cc(CO)c(C)c1[N+](=O)[O-])CC2. The maximum Gasteiger partial charge on any atom is 0.302 e. The highest BCUT2D eigenvalue weighted by molar-refractivity contribution is 5.78. The molecule has 0 aliphatic carbocycles. The summed E-state index contributed by atoms with van der Waals surface area (Å²) in [6.07, 6.45) is 1.95. The van der Waals surface area contributed by atoms with Crippen molar-refractivity contribution >= 4 is 17.1 Å². The van der Waals surface area contributed by atoms with E-state index < -0.39 is 22.1 Å². The highest BCUT2D eigenvalue weighted by atomic mass is 16.6. The number of rotatable bonds is 6. The number of nitrogens with zero attached hydrogens (tertiary/aromatic N) is 5. The molecule has 11 heteroatoms. The minimum Gasteiger partial charge on any atom is -0.392 e. The van der Waals surface area contributed by atoms with Crippen LogP contribution in [-0.2, 0) is 26.0 Å². The summed E-state index contributed by atoms with van der Waals surface area (Å²) in [5.41, 5.74) is -0.569. The van der Waals surface area contributed by atoms with E-state index in [1.54, 1.807) is 4.68 Å². The zero-order valence-electron chi connectivity index (χ0n) is 15.0. The number of aliphatic hydroxyl groups excluding tert-OH is 1. The van der Waals surface area contributed by atoms with E-state index >= 15 is 0 Å². The lowest BCUT2D eigenvalue weighted by molar-refractivity contribution is -0.392. The molecular formula is C16H20N6O5. The molecule has 0 fully saturated rings. The summed E-state index contributed by atoms with van der Waals surface area (Å²) in [6.45, 7) is 3.33. The number of aryl methyl sites for hydroxylation is 2. The van der Waals surface area contributed by atoms with Gasteiger partial charge < -0.3 is 10.4 Å². The summed E-state index contributed by atoms with van der Waals surface area (Å²) >= 11 is 0. The van der Waals surface area contributed by atoms with Gasteiger partial charge in [0.15, 0.2) is 11.5 Å². The monoisotopic (exact) mass is 376 g/mol. The number of aromatic nitrogens is 3. The van der Waals surface area contributed by atoms with Crippen molar-refractivity contribution in [3.63, 3.8) is 0 Å². The molecule has 3 rings (SSSR count). The van der Waals surface area contributed by atoms with Gasteiger partial charge >= 0.3 is 5.69 Å². The summed E-state index contributed by atoms with van der Waals surface area (Å²) in [5, 5.41) is 39.9. The minimum absolute atomic E-state index is 0.135. The normalized spacial score (nSPS) is 16.0. The zero-order valence-corrected chi connectivity index (χ0v) is 15.0. The van der Waals surface area contributed by atoms with E-state index in [0.717, 1.165) is 11.6 Å². The van der Waals surface area contributed by atoms with Crippen molar-refractivity contribution in [2.75, 3.05) is 5.32 Å². The second-order valence-electron chi connectivity index (χ2n) is 6.44. The molecule has 0 radical (unpaired) electrons. The van der Waals surface area contributed by atoms with E-state index in [9.17, 15) is 25.3 Å². The number of aliphatic hydroxyl groups is 1. The fourth-order valence-corrected chi connectivity index (χ4v) is 3.32. The molecule has 1 aliphatic rings. The van der Waals surface area contributed by atoms with Gasteiger partial charge in [-0.15, -0.1) is 0 Å². The molecule has 1 aliphatic heterocycles. The average Bonchev–Trinajstić information content (AvgIpc) is 3.03.